The number of nitrogens with zero attached hydrogens (tertiary/aromatic N) is 7. The fraction of sp³-hybridized carbons (Fsp3) is 0.231. The minimum atomic E-state index is 0. The van der Waals surface area contributed by atoms with Crippen LogP contribution in [0.25, 0.3) is 12.2 Å². The molecule has 15 heteroatoms. The molecular formula is C26H28ClN9Na2O3. The van der Waals surface area contributed by atoms with Crippen LogP contribution in [0.15, 0.2) is 48.5 Å². The third kappa shape index (κ3) is 9.48. The van der Waals surface area contributed by atoms with E-state index in [-0.39, 0.29) is 79.3 Å². The normalized spacial score (nSPS) is 12.7. The van der Waals surface area contributed by atoms with E-state index in [1.807, 2.05) is 60.7 Å². The largest absolute Gasteiger partial charge is 1.00 e. The van der Waals surface area contributed by atoms with Gasteiger partial charge in [0.2, 0.25) is 23.1 Å². The zero-order valence-corrected chi connectivity index (χ0v) is 28.1. The average molecular weight is 596 g/mol. The summed E-state index contributed by atoms with van der Waals surface area (Å²) in [6.07, 6.45) is 4.06. The van der Waals surface area contributed by atoms with E-state index in [1.165, 1.54) is 14.2 Å². The van der Waals surface area contributed by atoms with E-state index < -0.39 is 0 Å². The van der Waals surface area contributed by atoms with E-state index in [1.54, 1.807) is 0 Å². The number of rotatable bonds is 9. The van der Waals surface area contributed by atoms with Crippen molar-refractivity contribution in [1.29, 1.82) is 0 Å². The average Bonchev–Trinajstić information content (AvgIpc) is 2.97. The van der Waals surface area contributed by atoms with Gasteiger partial charge in [-0.1, -0.05) is 36.4 Å². The van der Waals surface area contributed by atoms with Gasteiger partial charge < -0.3 is 32.6 Å². The Bertz CT molecular complexity index is 1450. The summed E-state index contributed by atoms with van der Waals surface area (Å²) < 4.78 is 15.7. The van der Waals surface area contributed by atoms with E-state index in [0.717, 1.165) is 35.6 Å². The molecular weight excluding hydrogens is 568 g/mol. The molecule has 1 aliphatic heterocycles. The number of nitrogens with one attached hydrogen (secondary N) is 2. The first kappa shape index (κ1) is 33.0. The summed E-state index contributed by atoms with van der Waals surface area (Å²) in [4.78, 5) is 27.4. The Morgan fingerprint density at radius 3 is 1.73 bits per heavy atom. The van der Waals surface area contributed by atoms with Gasteiger partial charge in [0.05, 0.1) is 27.4 Å². The predicted molar refractivity (Wildman–Crippen MR) is 151 cm³/mol. The first-order valence-corrected chi connectivity index (χ1v) is 12.5. The molecule has 0 atom stereocenters. The Morgan fingerprint density at radius 2 is 1.22 bits per heavy atom. The predicted octanol–water partition coefficient (Wildman–Crippen LogP) is -1.55. The monoisotopic (exact) mass is 595 g/mol. The van der Waals surface area contributed by atoms with Crippen LogP contribution in [0.2, 0.25) is 5.28 Å². The van der Waals surface area contributed by atoms with Gasteiger partial charge in [-0.05, 0) is 47.0 Å². The molecule has 2 aromatic carbocycles. The number of aromatic nitrogens is 6. The standard InChI is InChI=1S/C26H26ClN9O3.2Na.2H/c1-37-25-31-21(27)30-22(33-25)28-19-9-5-17(6-10-19)3-4-18-7-11-20(12-8-18)29-23-32-24(35-26(34-23)38-2)36-13-15-39-16-14-36;;;;/h3-12H,13-16H2,1-2H3,(H,28,30,31,33)(H,29,32,34,35);;;;/q;2*+1;2*-1. The molecule has 1 aliphatic rings. The first-order chi connectivity index (χ1) is 19.1. The number of ether oxygens (including phenoxy) is 3. The molecule has 0 saturated carbocycles. The van der Waals surface area contributed by atoms with Crippen LogP contribution in [0.3, 0.4) is 0 Å². The van der Waals surface area contributed by atoms with Crippen LogP contribution in [0, 0.1) is 0 Å². The Balaban J connectivity index is 0.00000231. The summed E-state index contributed by atoms with van der Waals surface area (Å²) in [7, 11) is 3.01. The Morgan fingerprint density at radius 1 is 0.732 bits per heavy atom. The third-order valence-corrected chi connectivity index (χ3v) is 5.82. The van der Waals surface area contributed by atoms with Crippen LogP contribution in [0.5, 0.6) is 12.0 Å². The van der Waals surface area contributed by atoms with Gasteiger partial charge in [0.15, 0.2) is 0 Å². The van der Waals surface area contributed by atoms with Crippen LogP contribution in [0.4, 0.5) is 29.2 Å². The Labute approximate surface area is 289 Å². The molecule has 12 nitrogen and oxygen atoms in total. The topological polar surface area (TPSA) is 132 Å². The number of hydrogen-bond acceptors (Lipinski definition) is 12. The SMILES string of the molecule is COc1nc(Cl)nc(Nc2ccc(C=Cc3ccc(Nc4nc(OC)nc(N5CCOCC5)n4)cc3)cc2)n1.[H-].[H-].[Na+].[Na+]. The summed E-state index contributed by atoms with van der Waals surface area (Å²) >= 11 is 5.90. The number of morpholine rings is 1. The van der Waals surface area contributed by atoms with Gasteiger partial charge in [-0.15, -0.1) is 0 Å². The minimum absolute atomic E-state index is 0. The zero-order valence-electron chi connectivity index (χ0n) is 25.3. The number of benzene rings is 2. The quantitative estimate of drug-likeness (QED) is 0.172. The van der Waals surface area contributed by atoms with Gasteiger partial charge in [-0.25, -0.2) is 0 Å². The summed E-state index contributed by atoms with van der Waals surface area (Å²) in [6.45, 7) is 2.71. The zero-order chi connectivity index (χ0) is 27.0. The summed E-state index contributed by atoms with van der Waals surface area (Å²) in [5.74, 6) is 1.28. The summed E-state index contributed by atoms with van der Waals surface area (Å²) in [6, 6.07) is 16.1. The van der Waals surface area contributed by atoms with Crippen LogP contribution < -0.4 is 84.1 Å². The van der Waals surface area contributed by atoms with Crippen molar-refractivity contribution in [2.45, 2.75) is 0 Å². The Kier molecular flexibility index (Phi) is 13.0. The second-order valence-corrected chi connectivity index (χ2v) is 8.63. The van der Waals surface area contributed by atoms with Crippen LogP contribution >= 0.6 is 11.6 Å². The van der Waals surface area contributed by atoms with Crippen molar-refractivity contribution in [2.75, 3.05) is 56.1 Å². The molecule has 2 aromatic heterocycles. The molecule has 0 bridgehead atoms. The van der Waals surface area contributed by atoms with Crippen molar-refractivity contribution >= 4 is 53.0 Å². The minimum Gasteiger partial charge on any atom is -1.00 e. The second-order valence-electron chi connectivity index (χ2n) is 8.29. The smallest absolute Gasteiger partial charge is 1.00 e. The van der Waals surface area contributed by atoms with Gasteiger partial charge in [-0.2, -0.15) is 29.9 Å². The molecule has 204 valence electrons. The van der Waals surface area contributed by atoms with E-state index in [0.29, 0.717) is 31.1 Å². The van der Waals surface area contributed by atoms with E-state index in [9.17, 15) is 0 Å². The molecule has 0 unspecified atom stereocenters. The molecule has 0 radical (unpaired) electrons. The van der Waals surface area contributed by atoms with Crippen molar-refractivity contribution in [3.8, 4) is 12.0 Å². The van der Waals surface area contributed by atoms with Crippen molar-refractivity contribution in [2.24, 2.45) is 0 Å². The fourth-order valence-corrected chi connectivity index (χ4v) is 3.84. The van der Waals surface area contributed by atoms with Gasteiger partial charge in [0.25, 0.3) is 0 Å². The molecule has 3 heterocycles. The van der Waals surface area contributed by atoms with Crippen molar-refractivity contribution in [3.63, 3.8) is 0 Å². The van der Waals surface area contributed by atoms with Crippen molar-refractivity contribution < 1.29 is 76.2 Å². The second kappa shape index (κ2) is 16.2. The van der Waals surface area contributed by atoms with Crippen molar-refractivity contribution in [1.82, 2.24) is 29.9 Å². The van der Waals surface area contributed by atoms with Gasteiger partial charge in [0, 0.05) is 24.5 Å². The molecule has 1 fully saturated rings. The van der Waals surface area contributed by atoms with Gasteiger partial charge in [-0.3, -0.25) is 0 Å². The molecule has 1 saturated heterocycles. The van der Waals surface area contributed by atoms with Gasteiger partial charge >= 0.3 is 71.1 Å². The number of hydrogen-bond donors (Lipinski definition) is 2. The van der Waals surface area contributed by atoms with E-state index in [2.05, 4.69) is 45.4 Å². The van der Waals surface area contributed by atoms with Crippen LogP contribution in [-0.2, 0) is 4.74 Å². The van der Waals surface area contributed by atoms with Gasteiger partial charge in [0.1, 0.15) is 0 Å². The molecule has 41 heavy (non-hydrogen) atoms. The maximum atomic E-state index is 5.90. The first-order valence-electron chi connectivity index (χ1n) is 12.1. The Hall–Kier alpha value is -2.55. The molecule has 4 aromatic rings. The summed E-state index contributed by atoms with van der Waals surface area (Å²) in [5.41, 5.74) is 3.72. The van der Waals surface area contributed by atoms with Crippen molar-refractivity contribution in [3.05, 3.63) is 64.9 Å². The fourth-order valence-electron chi connectivity index (χ4n) is 3.68. The number of halogens is 1. The molecule has 0 spiro atoms. The van der Waals surface area contributed by atoms with Crippen LogP contribution in [0.1, 0.15) is 14.0 Å². The maximum absolute atomic E-state index is 5.90. The van der Waals surface area contributed by atoms with E-state index >= 15 is 0 Å². The van der Waals surface area contributed by atoms with E-state index in [4.69, 9.17) is 25.8 Å². The molecule has 5 rings (SSSR count). The summed E-state index contributed by atoms with van der Waals surface area (Å²) in [5, 5.41) is 6.37. The van der Waals surface area contributed by atoms with Crippen LogP contribution in [-0.4, -0.2) is 70.4 Å². The maximum Gasteiger partial charge on any atom is 1.00 e. The third-order valence-electron chi connectivity index (χ3n) is 5.65. The molecule has 2 N–H and O–H groups in total. The number of methoxy groups -OCH3 is 2. The molecule has 0 aliphatic carbocycles. The number of anilines is 5. The molecule has 0 amide bonds.